The van der Waals surface area contributed by atoms with Crippen LogP contribution in [-0.2, 0) is 4.79 Å². The summed E-state index contributed by atoms with van der Waals surface area (Å²) in [5.74, 6) is 0.138. The topological polar surface area (TPSA) is 56.0 Å². The number of nitrogens with zero attached hydrogens (tertiary/aromatic N) is 5. The molecule has 0 saturated carbocycles. The summed E-state index contributed by atoms with van der Waals surface area (Å²) in [5, 5.41) is 4.15. The second-order valence-corrected chi connectivity index (χ2v) is 5.25. The molecule has 1 aliphatic rings. The van der Waals surface area contributed by atoms with Gasteiger partial charge in [-0.3, -0.25) is 9.48 Å². The molecule has 6 nitrogen and oxygen atoms in total. The summed E-state index contributed by atoms with van der Waals surface area (Å²) in [6.07, 6.45) is 11.2. The van der Waals surface area contributed by atoms with Crippen LogP contribution in [0.4, 0.5) is 0 Å². The zero-order chi connectivity index (χ0) is 13.9. The van der Waals surface area contributed by atoms with Crippen LogP contribution in [0.25, 0.3) is 0 Å². The van der Waals surface area contributed by atoms with E-state index >= 15 is 0 Å². The van der Waals surface area contributed by atoms with Gasteiger partial charge in [-0.05, 0) is 25.8 Å². The minimum absolute atomic E-state index is 0.138. The number of rotatable bonds is 3. The maximum absolute atomic E-state index is 12.6. The first kappa shape index (κ1) is 12.9. The molecule has 0 radical (unpaired) electrons. The summed E-state index contributed by atoms with van der Waals surface area (Å²) < 4.78 is 3.81. The third kappa shape index (κ3) is 2.45. The first-order valence-electron chi connectivity index (χ1n) is 7.01. The summed E-state index contributed by atoms with van der Waals surface area (Å²) in [7, 11) is 0. The van der Waals surface area contributed by atoms with E-state index < -0.39 is 0 Å². The number of piperidine rings is 1. The number of likely N-dealkylation sites (tertiary alicyclic amines) is 1. The van der Waals surface area contributed by atoms with Crippen molar-refractivity contribution in [2.24, 2.45) is 0 Å². The fraction of sp³-hybridized carbons (Fsp3) is 0.500. The fourth-order valence-electron chi connectivity index (χ4n) is 2.77. The van der Waals surface area contributed by atoms with Gasteiger partial charge in [0.2, 0.25) is 5.91 Å². The van der Waals surface area contributed by atoms with E-state index in [0.29, 0.717) is 6.04 Å². The number of aromatic nitrogens is 4. The van der Waals surface area contributed by atoms with Crippen molar-refractivity contribution in [3.8, 4) is 0 Å². The van der Waals surface area contributed by atoms with Crippen LogP contribution in [0.5, 0.6) is 0 Å². The molecule has 20 heavy (non-hydrogen) atoms. The van der Waals surface area contributed by atoms with Crippen molar-refractivity contribution in [2.45, 2.75) is 31.8 Å². The molecule has 1 fully saturated rings. The van der Waals surface area contributed by atoms with Crippen LogP contribution in [0.3, 0.4) is 0 Å². The molecule has 1 amide bonds. The van der Waals surface area contributed by atoms with Crippen molar-refractivity contribution >= 4 is 5.91 Å². The van der Waals surface area contributed by atoms with E-state index in [1.165, 1.54) is 0 Å². The van der Waals surface area contributed by atoms with Gasteiger partial charge in [-0.2, -0.15) is 5.10 Å². The number of carbonyl (C=O) groups is 1. The Morgan fingerprint density at radius 2 is 2.25 bits per heavy atom. The largest absolute Gasteiger partial charge is 0.339 e. The number of hydrogen-bond acceptors (Lipinski definition) is 3. The van der Waals surface area contributed by atoms with E-state index in [-0.39, 0.29) is 11.9 Å². The van der Waals surface area contributed by atoms with Crippen LogP contribution in [-0.4, -0.2) is 43.2 Å². The Balaban J connectivity index is 1.69. The molecule has 0 N–H and O–H groups in total. The minimum Gasteiger partial charge on any atom is -0.339 e. The van der Waals surface area contributed by atoms with Gasteiger partial charge in [-0.1, -0.05) is 0 Å². The molecule has 0 aromatic carbocycles. The number of hydrogen-bond donors (Lipinski definition) is 0. The Morgan fingerprint density at radius 1 is 1.35 bits per heavy atom. The Hall–Kier alpha value is -2.11. The lowest BCUT2D eigenvalue weighted by atomic mass is 10.0. The summed E-state index contributed by atoms with van der Waals surface area (Å²) in [4.78, 5) is 18.6. The van der Waals surface area contributed by atoms with Crippen LogP contribution < -0.4 is 0 Å². The summed E-state index contributed by atoms with van der Waals surface area (Å²) >= 11 is 0. The van der Waals surface area contributed by atoms with Gasteiger partial charge in [0.25, 0.3) is 0 Å². The fourth-order valence-corrected chi connectivity index (χ4v) is 2.77. The van der Waals surface area contributed by atoms with Crippen LogP contribution in [0.1, 0.15) is 31.8 Å². The molecule has 1 aliphatic heterocycles. The van der Waals surface area contributed by atoms with Crippen LogP contribution in [0, 0.1) is 0 Å². The van der Waals surface area contributed by atoms with Crippen molar-refractivity contribution in [3.63, 3.8) is 0 Å². The van der Waals surface area contributed by atoms with E-state index in [1.807, 2.05) is 36.6 Å². The van der Waals surface area contributed by atoms with Crippen molar-refractivity contribution in [1.29, 1.82) is 0 Å². The molecular formula is C14H19N5O. The highest BCUT2D eigenvalue weighted by atomic mass is 16.2. The normalized spacial score (nSPS) is 20.9. The van der Waals surface area contributed by atoms with Crippen LogP contribution in [0.2, 0.25) is 0 Å². The molecule has 2 atom stereocenters. The van der Waals surface area contributed by atoms with Gasteiger partial charge in [0.15, 0.2) is 0 Å². The van der Waals surface area contributed by atoms with E-state index in [9.17, 15) is 4.79 Å². The second kappa shape index (κ2) is 5.48. The highest BCUT2D eigenvalue weighted by Gasteiger charge is 2.28. The lowest BCUT2D eigenvalue weighted by Crippen LogP contribution is -2.43. The smallest absolute Gasteiger partial charge is 0.247 e. The number of carbonyl (C=O) groups excluding carboxylic acids is 1. The quantitative estimate of drug-likeness (QED) is 0.851. The third-order valence-electron chi connectivity index (χ3n) is 3.93. The molecule has 0 bridgehead atoms. The van der Waals surface area contributed by atoms with Gasteiger partial charge in [-0.15, -0.1) is 0 Å². The Morgan fingerprint density at radius 3 is 2.95 bits per heavy atom. The van der Waals surface area contributed by atoms with E-state index in [4.69, 9.17) is 0 Å². The van der Waals surface area contributed by atoms with Crippen molar-refractivity contribution in [3.05, 3.63) is 37.2 Å². The van der Waals surface area contributed by atoms with Gasteiger partial charge < -0.3 is 9.47 Å². The summed E-state index contributed by atoms with van der Waals surface area (Å²) in [5.41, 5.74) is 0. The molecular weight excluding hydrogens is 254 g/mol. The van der Waals surface area contributed by atoms with Crippen LogP contribution in [0.15, 0.2) is 37.2 Å². The third-order valence-corrected chi connectivity index (χ3v) is 3.93. The van der Waals surface area contributed by atoms with Gasteiger partial charge in [0.1, 0.15) is 6.04 Å². The summed E-state index contributed by atoms with van der Waals surface area (Å²) in [6, 6.07) is 1.93. The monoisotopic (exact) mass is 273 g/mol. The molecule has 106 valence electrons. The van der Waals surface area contributed by atoms with E-state index in [2.05, 4.69) is 14.6 Å². The van der Waals surface area contributed by atoms with Crippen molar-refractivity contribution in [2.75, 3.05) is 13.1 Å². The van der Waals surface area contributed by atoms with Crippen molar-refractivity contribution < 1.29 is 4.79 Å². The first-order chi connectivity index (χ1) is 9.75. The molecule has 0 aliphatic carbocycles. The average molecular weight is 273 g/mol. The van der Waals surface area contributed by atoms with Crippen molar-refractivity contribution in [1.82, 2.24) is 24.2 Å². The Labute approximate surface area is 118 Å². The van der Waals surface area contributed by atoms with Gasteiger partial charge in [0.05, 0.1) is 12.4 Å². The Bertz CT molecular complexity index is 548. The molecule has 1 saturated heterocycles. The highest BCUT2D eigenvalue weighted by Crippen LogP contribution is 2.23. The standard InChI is InChI=1S/C14H19N5O/c1-12(19-8-3-5-16-19)14(20)17-7-2-4-13(10-17)18-9-6-15-11-18/h3,5-6,8-9,11-13H,2,4,7,10H2,1H3/t12-,13+/m0/s1. The predicted molar refractivity (Wildman–Crippen MR) is 74.0 cm³/mol. The van der Waals surface area contributed by atoms with E-state index in [1.54, 1.807) is 17.1 Å². The Kier molecular flexibility index (Phi) is 3.54. The van der Waals surface area contributed by atoms with Gasteiger partial charge >= 0.3 is 0 Å². The zero-order valence-electron chi connectivity index (χ0n) is 11.6. The summed E-state index contributed by atoms with van der Waals surface area (Å²) in [6.45, 7) is 3.48. The first-order valence-corrected chi connectivity index (χ1v) is 7.01. The number of amides is 1. The maximum atomic E-state index is 12.6. The zero-order valence-corrected chi connectivity index (χ0v) is 11.6. The SMILES string of the molecule is C[C@@H](C(=O)N1CCC[C@@H](n2ccnc2)C1)n1cccn1. The highest BCUT2D eigenvalue weighted by molar-refractivity contribution is 5.80. The number of imidazole rings is 1. The average Bonchev–Trinajstić information content (AvgIpc) is 3.18. The second-order valence-electron chi connectivity index (χ2n) is 5.25. The molecule has 0 spiro atoms. The molecule has 3 rings (SSSR count). The maximum Gasteiger partial charge on any atom is 0.247 e. The van der Waals surface area contributed by atoms with Gasteiger partial charge in [-0.25, -0.2) is 4.98 Å². The molecule has 0 unspecified atom stereocenters. The van der Waals surface area contributed by atoms with Gasteiger partial charge in [0, 0.05) is 37.9 Å². The molecule has 2 aromatic rings. The lowest BCUT2D eigenvalue weighted by Gasteiger charge is -2.34. The van der Waals surface area contributed by atoms with E-state index in [0.717, 1.165) is 25.9 Å². The lowest BCUT2D eigenvalue weighted by molar-refractivity contribution is -0.136. The molecule has 2 aromatic heterocycles. The van der Waals surface area contributed by atoms with Crippen LogP contribution >= 0.6 is 0 Å². The predicted octanol–water partition coefficient (Wildman–Crippen LogP) is 1.50. The molecule has 6 heteroatoms. The molecule has 3 heterocycles. The minimum atomic E-state index is -0.244.